The molecular weight excluding hydrogens is 242 g/mol. The van der Waals surface area contributed by atoms with Gasteiger partial charge in [-0.05, 0) is 51.0 Å². The second-order valence-corrected chi connectivity index (χ2v) is 5.86. The number of nitrogens with two attached hydrogens (primary N) is 1. The Bertz CT molecular complexity index is 393. The molecule has 2 fully saturated rings. The molecule has 5 heteroatoms. The molecule has 1 aromatic rings. The van der Waals surface area contributed by atoms with Crippen LogP contribution in [0.1, 0.15) is 62.1 Å². The molecule has 1 aliphatic carbocycles. The molecule has 106 valence electrons. The van der Waals surface area contributed by atoms with Gasteiger partial charge in [-0.15, -0.1) is 0 Å². The van der Waals surface area contributed by atoms with Crippen molar-refractivity contribution in [1.29, 1.82) is 0 Å². The van der Waals surface area contributed by atoms with Crippen LogP contribution in [0.25, 0.3) is 0 Å². The molecule has 0 bridgehead atoms. The number of aromatic nitrogens is 2. The zero-order chi connectivity index (χ0) is 13.1. The number of rotatable bonds is 3. The zero-order valence-electron chi connectivity index (χ0n) is 11.4. The third kappa shape index (κ3) is 2.98. The lowest BCUT2D eigenvalue weighted by atomic mass is 9.82. The van der Waals surface area contributed by atoms with Crippen molar-refractivity contribution in [3.05, 3.63) is 11.7 Å². The van der Waals surface area contributed by atoms with Crippen molar-refractivity contribution in [1.82, 2.24) is 10.1 Å². The smallest absolute Gasteiger partial charge is 0.229 e. The summed E-state index contributed by atoms with van der Waals surface area (Å²) in [6, 6.07) is 0. The first kappa shape index (κ1) is 13.1. The fraction of sp³-hybridized carbons (Fsp3) is 0.857. The molecule has 0 spiro atoms. The Labute approximate surface area is 113 Å². The quantitative estimate of drug-likeness (QED) is 0.906. The third-order valence-electron chi connectivity index (χ3n) is 4.51. The Morgan fingerprint density at radius 3 is 2.63 bits per heavy atom. The summed E-state index contributed by atoms with van der Waals surface area (Å²) in [4.78, 5) is 4.62. The summed E-state index contributed by atoms with van der Waals surface area (Å²) in [7, 11) is 0. The fourth-order valence-electron chi connectivity index (χ4n) is 3.17. The van der Waals surface area contributed by atoms with Crippen LogP contribution in [0.15, 0.2) is 4.52 Å². The Hall–Kier alpha value is -0.940. The predicted molar refractivity (Wildman–Crippen MR) is 70.8 cm³/mol. The van der Waals surface area contributed by atoms with Gasteiger partial charge in [0.15, 0.2) is 5.82 Å². The SMILES string of the molecule is NCC1CCC(c2nc(C3CCCOC3)no2)CC1. The minimum atomic E-state index is 0.326. The number of ether oxygens (including phenoxy) is 1. The number of hydrogen-bond acceptors (Lipinski definition) is 5. The number of nitrogens with zero attached hydrogens (tertiary/aromatic N) is 2. The lowest BCUT2D eigenvalue weighted by molar-refractivity contribution is 0.0773. The summed E-state index contributed by atoms with van der Waals surface area (Å²) in [5.74, 6) is 3.12. The van der Waals surface area contributed by atoms with E-state index < -0.39 is 0 Å². The first-order valence-corrected chi connectivity index (χ1v) is 7.48. The monoisotopic (exact) mass is 265 g/mol. The maximum atomic E-state index is 5.72. The normalized spacial score (nSPS) is 32.4. The minimum Gasteiger partial charge on any atom is -0.381 e. The van der Waals surface area contributed by atoms with Crippen LogP contribution in [0.3, 0.4) is 0 Å². The van der Waals surface area contributed by atoms with Crippen molar-refractivity contribution < 1.29 is 9.26 Å². The highest BCUT2D eigenvalue weighted by Gasteiger charge is 2.28. The van der Waals surface area contributed by atoms with Crippen molar-refractivity contribution in [2.45, 2.75) is 50.4 Å². The van der Waals surface area contributed by atoms with Crippen molar-refractivity contribution in [3.63, 3.8) is 0 Å². The molecule has 1 aliphatic heterocycles. The molecule has 2 N–H and O–H groups in total. The maximum Gasteiger partial charge on any atom is 0.229 e. The lowest BCUT2D eigenvalue weighted by Crippen LogP contribution is -2.21. The van der Waals surface area contributed by atoms with Gasteiger partial charge in [-0.1, -0.05) is 5.16 Å². The van der Waals surface area contributed by atoms with Gasteiger partial charge >= 0.3 is 0 Å². The first-order valence-electron chi connectivity index (χ1n) is 7.48. The fourth-order valence-corrected chi connectivity index (χ4v) is 3.17. The van der Waals surface area contributed by atoms with Gasteiger partial charge in [0.1, 0.15) is 0 Å². The second-order valence-electron chi connectivity index (χ2n) is 5.86. The van der Waals surface area contributed by atoms with Crippen LogP contribution in [0.5, 0.6) is 0 Å². The van der Waals surface area contributed by atoms with E-state index in [9.17, 15) is 0 Å². The van der Waals surface area contributed by atoms with Crippen LogP contribution in [0.2, 0.25) is 0 Å². The zero-order valence-corrected chi connectivity index (χ0v) is 11.4. The van der Waals surface area contributed by atoms with Gasteiger partial charge in [0, 0.05) is 18.4 Å². The summed E-state index contributed by atoms with van der Waals surface area (Å²) in [5.41, 5.74) is 5.72. The highest BCUT2D eigenvalue weighted by atomic mass is 16.5. The molecule has 1 unspecified atom stereocenters. The van der Waals surface area contributed by atoms with E-state index in [1.54, 1.807) is 0 Å². The Morgan fingerprint density at radius 2 is 1.95 bits per heavy atom. The van der Waals surface area contributed by atoms with E-state index in [1.807, 2.05) is 0 Å². The Balaban J connectivity index is 1.61. The van der Waals surface area contributed by atoms with E-state index in [1.165, 1.54) is 12.8 Å². The maximum absolute atomic E-state index is 5.72. The van der Waals surface area contributed by atoms with Gasteiger partial charge < -0.3 is 15.0 Å². The summed E-state index contributed by atoms with van der Waals surface area (Å²) in [6.07, 6.45) is 6.83. The van der Waals surface area contributed by atoms with Crippen LogP contribution >= 0.6 is 0 Å². The molecule has 3 rings (SSSR count). The van der Waals surface area contributed by atoms with Crippen molar-refractivity contribution in [2.24, 2.45) is 11.7 Å². The van der Waals surface area contributed by atoms with Crippen LogP contribution in [-0.2, 0) is 4.74 Å². The lowest BCUT2D eigenvalue weighted by Gasteiger charge is -2.25. The Kier molecular flexibility index (Phi) is 4.13. The summed E-state index contributed by atoms with van der Waals surface area (Å²) < 4.78 is 11.0. The van der Waals surface area contributed by atoms with Gasteiger partial charge in [0.25, 0.3) is 0 Å². The van der Waals surface area contributed by atoms with Crippen LogP contribution in [0.4, 0.5) is 0 Å². The number of hydrogen-bond donors (Lipinski definition) is 1. The van der Waals surface area contributed by atoms with Crippen molar-refractivity contribution in [2.75, 3.05) is 19.8 Å². The van der Waals surface area contributed by atoms with Crippen LogP contribution in [0, 0.1) is 5.92 Å². The molecule has 19 heavy (non-hydrogen) atoms. The van der Waals surface area contributed by atoms with Crippen molar-refractivity contribution >= 4 is 0 Å². The second kappa shape index (κ2) is 6.01. The average molecular weight is 265 g/mol. The molecule has 2 heterocycles. The van der Waals surface area contributed by atoms with E-state index >= 15 is 0 Å². The molecular formula is C14H23N3O2. The van der Waals surface area contributed by atoms with Gasteiger partial charge in [-0.3, -0.25) is 0 Å². The minimum absolute atomic E-state index is 0.326. The van der Waals surface area contributed by atoms with Gasteiger partial charge in [-0.2, -0.15) is 4.98 Å². The van der Waals surface area contributed by atoms with Gasteiger partial charge in [0.05, 0.1) is 6.61 Å². The molecule has 0 amide bonds. The van der Waals surface area contributed by atoms with Gasteiger partial charge in [0.2, 0.25) is 5.89 Å². The molecule has 1 saturated carbocycles. The topological polar surface area (TPSA) is 74.2 Å². The molecule has 1 atom stereocenters. The van der Waals surface area contributed by atoms with E-state index in [0.717, 1.165) is 57.2 Å². The van der Waals surface area contributed by atoms with E-state index in [2.05, 4.69) is 10.1 Å². The molecule has 2 aliphatic rings. The molecule has 0 aromatic carbocycles. The molecule has 1 saturated heterocycles. The van der Waals surface area contributed by atoms with E-state index in [4.69, 9.17) is 15.0 Å². The van der Waals surface area contributed by atoms with Gasteiger partial charge in [-0.25, -0.2) is 0 Å². The molecule has 1 aromatic heterocycles. The molecule has 0 radical (unpaired) electrons. The average Bonchev–Trinajstić information content (AvgIpc) is 2.98. The molecule has 5 nitrogen and oxygen atoms in total. The Morgan fingerprint density at radius 1 is 1.11 bits per heavy atom. The summed E-state index contributed by atoms with van der Waals surface area (Å²) >= 11 is 0. The highest BCUT2D eigenvalue weighted by Crippen LogP contribution is 2.35. The first-order chi connectivity index (χ1) is 9.36. The van der Waals surface area contributed by atoms with E-state index in [0.29, 0.717) is 17.8 Å². The third-order valence-corrected chi connectivity index (χ3v) is 4.51. The van der Waals surface area contributed by atoms with Crippen LogP contribution in [-0.4, -0.2) is 29.9 Å². The highest BCUT2D eigenvalue weighted by molar-refractivity contribution is 5.01. The largest absolute Gasteiger partial charge is 0.381 e. The predicted octanol–water partition coefficient (Wildman–Crippen LogP) is 2.20. The summed E-state index contributed by atoms with van der Waals surface area (Å²) in [6.45, 7) is 2.41. The standard InChI is InChI=1S/C14H23N3O2/c15-8-10-3-5-11(6-4-10)14-16-13(17-19-14)12-2-1-7-18-9-12/h10-12H,1-9,15H2. The van der Waals surface area contributed by atoms with Crippen molar-refractivity contribution in [3.8, 4) is 0 Å². The van der Waals surface area contributed by atoms with Crippen LogP contribution < -0.4 is 5.73 Å². The summed E-state index contributed by atoms with van der Waals surface area (Å²) in [5, 5.41) is 4.16. The van der Waals surface area contributed by atoms with E-state index in [-0.39, 0.29) is 0 Å².